The van der Waals surface area contributed by atoms with Gasteiger partial charge in [0, 0.05) is 7.11 Å². The van der Waals surface area contributed by atoms with Gasteiger partial charge in [0.2, 0.25) is 5.60 Å². The molecular formula is C28H42N6O9. The summed E-state index contributed by atoms with van der Waals surface area (Å²) in [6.45, 7) is 10.1. The number of carbonyl (C=O) groups is 3. The van der Waals surface area contributed by atoms with E-state index in [1.807, 2.05) is 6.07 Å². The number of anilines is 1. The summed E-state index contributed by atoms with van der Waals surface area (Å²) in [6, 6.07) is 4.37. The predicted octanol–water partition coefficient (Wildman–Crippen LogP) is 1.29. The first-order valence-electron chi connectivity index (χ1n) is 13.7. The van der Waals surface area contributed by atoms with Crippen LogP contribution in [0.3, 0.4) is 0 Å². The SMILES string of the molecule is CO[C@](C#N)(COCN[C@@H](C)C(=O)OCC(C)(C)O)[C@@H](OC(=O)C(C)C)[C@@H](OC(=O)C(C)C)c1ccc2c(N)ncnn12. The lowest BCUT2D eigenvalue weighted by molar-refractivity contribution is -0.201. The Hall–Kier alpha value is -3.84. The van der Waals surface area contributed by atoms with Gasteiger partial charge in [-0.1, -0.05) is 27.7 Å². The van der Waals surface area contributed by atoms with Crippen LogP contribution >= 0.6 is 0 Å². The van der Waals surface area contributed by atoms with Crippen molar-refractivity contribution in [2.24, 2.45) is 11.8 Å². The standard InChI is InChI=1S/C28H42N6O9/c1-16(2)24(35)42-21(19-9-10-20-23(30)31-14-33-34(19)20)22(43-25(36)17(3)4)28(11-29,39-8)13-40-15-32-18(5)26(37)41-12-27(6,7)38/h9-10,14,16-18,21-22,32,38H,12-13,15H2,1-8H3,(H2,30,31,33)/t18-,21-,22-,28+/m0/s1. The normalized spacial score (nSPS) is 15.4. The molecule has 0 saturated heterocycles. The van der Waals surface area contributed by atoms with Crippen LogP contribution in [0.4, 0.5) is 5.82 Å². The van der Waals surface area contributed by atoms with Crippen molar-refractivity contribution < 1.29 is 43.2 Å². The van der Waals surface area contributed by atoms with Gasteiger partial charge in [-0.3, -0.25) is 19.7 Å². The van der Waals surface area contributed by atoms with E-state index in [4.69, 9.17) is 29.4 Å². The van der Waals surface area contributed by atoms with E-state index in [1.165, 1.54) is 38.7 Å². The summed E-state index contributed by atoms with van der Waals surface area (Å²) in [5.74, 6) is -3.01. The van der Waals surface area contributed by atoms with Gasteiger partial charge >= 0.3 is 17.9 Å². The molecule has 2 heterocycles. The lowest BCUT2D eigenvalue weighted by Gasteiger charge is -2.37. The highest BCUT2D eigenvalue weighted by atomic mass is 16.6. The van der Waals surface area contributed by atoms with Gasteiger partial charge in [-0.05, 0) is 32.9 Å². The molecule has 2 aromatic heterocycles. The maximum atomic E-state index is 13.0. The van der Waals surface area contributed by atoms with Crippen molar-refractivity contribution in [2.75, 3.05) is 32.8 Å². The molecule has 4 N–H and O–H groups in total. The second kappa shape index (κ2) is 15.1. The van der Waals surface area contributed by atoms with Crippen molar-refractivity contribution in [2.45, 2.75) is 77.9 Å². The molecule has 0 unspecified atom stereocenters. The summed E-state index contributed by atoms with van der Waals surface area (Å²) >= 11 is 0. The predicted molar refractivity (Wildman–Crippen MR) is 152 cm³/mol. The van der Waals surface area contributed by atoms with Crippen molar-refractivity contribution in [1.82, 2.24) is 19.9 Å². The van der Waals surface area contributed by atoms with Gasteiger partial charge in [-0.15, -0.1) is 0 Å². The van der Waals surface area contributed by atoms with Crippen molar-refractivity contribution in [3.8, 4) is 6.07 Å². The number of nitrogen functional groups attached to an aromatic ring is 1. The van der Waals surface area contributed by atoms with Crippen LogP contribution in [0.2, 0.25) is 0 Å². The first-order chi connectivity index (χ1) is 20.1. The summed E-state index contributed by atoms with van der Waals surface area (Å²) in [4.78, 5) is 42.1. The number of esters is 3. The highest BCUT2D eigenvalue weighted by Crippen LogP contribution is 2.35. The molecule has 0 fully saturated rings. The number of aliphatic hydroxyl groups is 1. The molecular weight excluding hydrogens is 564 g/mol. The molecule has 2 aromatic rings. The van der Waals surface area contributed by atoms with Gasteiger partial charge in [-0.25, -0.2) is 9.50 Å². The van der Waals surface area contributed by atoms with Gasteiger partial charge in [-0.2, -0.15) is 10.4 Å². The van der Waals surface area contributed by atoms with E-state index in [2.05, 4.69) is 15.4 Å². The summed E-state index contributed by atoms with van der Waals surface area (Å²) in [5.41, 5.74) is 3.42. The van der Waals surface area contributed by atoms with Crippen molar-refractivity contribution in [3.05, 3.63) is 24.2 Å². The fourth-order valence-electron chi connectivity index (χ4n) is 3.63. The third-order valence-corrected chi connectivity index (χ3v) is 6.25. The Morgan fingerprint density at radius 1 is 1.07 bits per heavy atom. The number of fused-ring (bicyclic) bond motifs is 1. The topological polar surface area (TPSA) is 210 Å². The van der Waals surface area contributed by atoms with Gasteiger partial charge in [0.05, 0.1) is 36.5 Å². The van der Waals surface area contributed by atoms with E-state index < -0.39 is 65.8 Å². The first-order valence-corrected chi connectivity index (χ1v) is 13.7. The van der Waals surface area contributed by atoms with E-state index in [9.17, 15) is 24.8 Å². The maximum absolute atomic E-state index is 13.0. The van der Waals surface area contributed by atoms with Crippen LogP contribution in [0.25, 0.3) is 5.52 Å². The summed E-state index contributed by atoms with van der Waals surface area (Å²) in [7, 11) is 1.23. The molecule has 4 atom stereocenters. The zero-order valence-corrected chi connectivity index (χ0v) is 25.8. The number of nitrogens with two attached hydrogens (primary N) is 1. The van der Waals surface area contributed by atoms with Gasteiger partial charge in [0.25, 0.3) is 0 Å². The number of hydrogen-bond donors (Lipinski definition) is 3. The Morgan fingerprint density at radius 3 is 2.26 bits per heavy atom. The largest absolute Gasteiger partial charge is 0.461 e. The molecule has 238 valence electrons. The molecule has 0 spiro atoms. The lowest BCUT2D eigenvalue weighted by Crippen LogP contribution is -2.54. The maximum Gasteiger partial charge on any atom is 0.323 e. The Balaban J connectivity index is 2.45. The van der Waals surface area contributed by atoms with Crippen molar-refractivity contribution in [1.29, 1.82) is 5.26 Å². The van der Waals surface area contributed by atoms with Crippen LogP contribution in [-0.2, 0) is 38.1 Å². The average Bonchev–Trinajstić information content (AvgIpc) is 3.38. The Morgan fingerprint density at radius 2 is 1.70 bits per heavy atom. The van der Waals surface area contributed by atoms with E-state index in [-0.39, 0.29) is 24.8 Å². The number of nitriles is 1. The second-order valence-corrected chi connectivity index (χ2v) is 11.3. The number of rotatable bonds is 16. The second-order valence-electron chi connectivity index (χ2n) is 11.3. The van der Waals surface area contributed by atoms with Crippen LogP contribution in [0.1, 0.15) is 60.3 Å². The van der Waals surface area contributed by atoms with Crippen LogP contribution in [0, 0.1) is 23.2 Å². The highest BCUT2D eigenvalue weighted by molar-refractivity contribution is 5.75. The van der Waals surface area contributed by atoms with Crippen molar-refractivity contribution in [3.63, 3.8) is 0 Å². The molecule has 0 aliphatic rings. The molecule has 43 heavy (non-hydrogen) atoms. The van der Waals surface area contributed by atoms with E-state index in [0.29, 0.717) is 5.52 Å². The average molecular weight is 607 g/mol. The van der Waals surface area contributed by atoms with E-state index in [0.717, 1.165) is 0 Å². The van der Waals surface area contributed by atoms with Crippen LogP contribution in [0.15, 0.2) is 18.5 Å². The fraction of sp³-hybridized carbons (Fsp3) is 0.643. The summed E-state index contributed by atoms with van der Waals surface area (Å²) in [6.07, 6.45) is -1.75. The lowest BCUT2D eigenvalue weighted by atomic mass is 9.92. The van der Waals surface area contributed by atoms with Crippen LogP contribution in [0.5, 0.6) is 0 Å². The molecule has 0 radical (unpaired) electrons. The minimum atomic E-state index is -2.01. The van der Waals surface area contributed by atoms with E-state index >= 15 is 0 Å². The fourth-order valence-corrected chi connectivity index (χ4v) is 3.63. The molecule has 0 bridgehead atoms. The van der Waals surface area contributed by atoms with Crippen LogP contribution in [-0.4, -0.2) is 88.0 Å². The molecule has 0 aliphatic carbocycles. The van der Waals surface area contributed by atoms with E-state index in [1.54, 1.807) is 39.8 Å². The molecule has 0 amide bonds. The zero-order chi connectivity index (χ0) is 32.5. The minimum Gasteiger partial charge on any atom is -0.461 e. The summed E-state index contributed by atoms with van der Waals surface area (Å²) in [5, 5.41) is 27.2. The van der Waals surface area contributed by atoms with Gasteiger partial charge in [0.15, 0.2) is 18.0 Å². The number of ether oxygens (including phenoxy) is 5. The Bertz CT molecular complexity index is 1300. The number of nitrogens with one attached hydrogen (secondary N) is 1. The third kappa shape index (κ3) is 9.32. The van der Waals surface area contributed by atoms with Crippen molar-refractivity contribution >= 4 is 29.2 Å². The zero-order valence-electron chi connectivity index (χ0n) is 25.8. The highest BCUT2D eigenvalue weighted by Gasteiger charge is 2.51. The minimum absolute atomic E-state index is 0.147. The smallest absolute Gasteiger partial charge is 0.323 e. The number of aromatic nitrogens is 3. The third-order valence-electron chi connectivity index (χ3n) is 6.25. The first kappa shape index (κ1) is 35.4. The number of hydrogen-bond acceptors (Lipinski definition) is 14. The molecule has 2 rings (SSSR count). The molecule has 0 aromatic carbocycles. The van der Waals surface area contributed by atoms with Gasteiger partial charge < -0.3 is 34.5 Å². The number of methoxy groups -OCH3 is 1. The Labute approximate surface area is 250 Å². The Kier molecular flexibility index (Phi) is 12.4. The molecule has 15 heteroatoms. The quantitative estimate of drug-likeness (QED) is 0.106. The van der Waals surface area contributed by atoms with Gasteiger partial charge in [0.1, 0.15) is 30.6 Å². The molecule has 15 nitrogen and oxygen atoms in total. The number of carbonyl (C=O) groups excluding carboxylic acids is 3. The summed E-state index contributed by atoms with van der Waals surface area (Å²) < 4.78 is 29.5. The molecule has 0 saturated carbocycles. The molecule has 0 aliphatic heterocycles. The number of nitrogens with zero attached hydrogens (tertiary/aromatic N) is 4. The monoisotopic (exact) mass is 606 g/mol. The van der Waals surface area contributed by atoms with Crippen LogP contribution < -0.4 is 11.1 Å².